The molecule has 0 atom stereocenters. The zero-order chi connectivity index (χ0) is 14.5. The van der Waals surface area contributed by atoms with E-state index in [1.165, 1.54) is 11.1 Å². The van der Waals surface area contributed by atoms with Crippen molar-refractivity contribution in [1.82, 2.24) is 20.0 Å². The van der Waals surface area contributed by atoms with E-state index in [2.05, 4.69) is 28.6 Å². The van der Waals surface area contributed by atoms with Crippen molar-refractivity contribution in [2.75, 3.05) is 13.1 Å². The maximum Gasteiger partial charge on any atom is 0.317 e. The average Bonchev–Trinajstić information content (AvgIpc) is 3.04. The molecule has 0 unspecified atom stereocenters. The van der Waals surface area contributed by atoms with Gasteiger partial charge in [-0.1, -0.05) is 24.3 Å². The fourth-order valence-electron chi connectivity index (χ4n) is 2.65. The van der Waals surface area contributed by atoms with Crippen LogP contribution in [0.3, 0.4) is 0 Å². The minimum absolute atomic E-state index is 0.0324. The van der Waals surface area contributed by atoms with E-state index in [0.29, 0.717) is 13.1 Å². The molecule has 1 N–H and O–H groups in total. The highest BCUT2D eigenvalue weighted by molar-refractivity contribution is 5.74. The van der Waals surface area contributed by atoms with Crippen molar-refractivity contribution < 1.29 is 4.79 Å². The fraction of sp³-hybridized carbons (Fsp3) is 0.375. The van der Waals surface area contributed by atoms with Crippen molar-refractivity contribution in [2.45, 2.75) is 25.9 Å². The summed E-state index contributed by atoms with van der Waals surface area (Å²) >= 11 is 0. The molecular formula is C16H20N4O. The topological polar surface area (TPSA) is 50.2 Å². The summed E-state index contributed by atoms with van der Waals surface area (Å²) in [6.07, 6.45) is 5.53. The third-order valence-corrected chi connectivity index (χ3v) is 3.82. The van der Waals surface area contributed by atoms with Crippen LogP contribution in [0.1, 0.15) is 17.5 Å². The van der Waals surface area contributed by atoms with E-state index in [1.54, 1.807) is 6.20 Å². The van der Waals surface area contributed by atoms with Crippen molar-refractivity contribution in [2.24, 2.45) is 0 Å². The Labute approximate surface area is 124 Å². The minimum Gasteiger partial charge on any atom is -0.338 e. The molecule has 1 aromatic carbocycles. The molecule has 110 valence electrons. The molecule has 0 radical (unpaired) electrons. The van der Waals surface area contributed by atoms with Crippen LogP contribution in [0.2, 0.25) is 0 Å². The molecule has 0 bridgehead atoms. The third-order valence-electron chi connectivity index (χ3n) is 3.82. The molecule has 0 spiro atoms. The molecule has 0 saturated heterocycles. The number of nitrogens with zero attached hydrogens (tertiary/aromatic N) is 3. The number of benzene rings is 1. The smallest absolute Gasteiger partial charge is 0.317 e. The molecule has 2 aromatic rings. The highest BCUT2D eigenvalue weighted by Gasteiger charge is 2.19. The van der Waals surface area contributed by atoms with Gasteiger partial charge in [0, 0.05) is 38.6 Å². The third kappa shape index (κ3) is 3.42. The van der Waals surface area contributed by atoms with Crippen LogP contribution in [0.5, 0.6) is 0 Å². The number of amides is 2. The number of urea groups is 1. The summed E-state index contributed by atoms with van der Waals surface area (Å²) in [5.41, 5.74) is 2.62. The lowest BCUT2D eigenvalue weighted by molar-refractivity contribution is 0.192. The van der Waals surface area contributed by atoms with E-state index >= 15 is 0 Å². The van der Waals surface area contributed by atoms with Crippen LogP contribution in [0.4, 0.5) is 4.79 Å². The summed E-state index contributed by atoms with van der Waals surface area (Å²) in [7, 11) is 0. The molecule has 1 aromatic heterocycles. The Bertz CT molecular complexity index is 594. The first-order chi connectivity index (χ1) is 10.3. The van der Waals surface area contributed by atoms with E-state index in [1.807, 2.05) is 27.9 Å². The zero-order valence-electron chi connectivity index (χ0n) is 12.0. The first-order valence-corrected chi connectivity index (χ1v) is 7.40. The van der Waals surface area contributed by atoms with Gasteiger partial charge in [-0.15, -0.1) is 0 Å². The van der Waals surface area contributed by atoms with E-state index < -0.39 is 0 Å². The second-order valence-corrected chi connectivity index (χ2v) is 5.29. The van der Waals surface area contributed by atoms with Crippen molar-refractivity contribution in [3.05, 3.63) is 53.9 Å². The Morgan fingerprint density at radius 1 is 1.24 bits per heavy atom. The lowest BCUT2D eigenvalue weighted by Crippen LogP contribution is -2.43. The Balaban J connectivity index is 1.44. The van der Waals surface area contributed by atoms with E-state index in [4.69, 9.17) is 0 Å². The number of fused-ring (bicyclic) bond motifs is 1. The van der Waals surface area contributed by atoms with Gasteiger partial charge >= 0.3 is 6.03 Å². The largest absolute Gasteiger partial charge is 0.338 e. The van der Waals surface area contributed by atoms with Crippen molar-refractivity contribution in [3.63, 3.8) is 0 Å². The number of carbonyl (C=O) groups is 1. The maximum atomic E-state index is 12.2. The molecule has 0 saturated carbocycles. The maximum absolute atomic E-state index is 12.2. The predicted octanol–water partition coefficient (Wildman–Crippen LogP) is 2.04. The van der Waals surface area contributed by atoms with Crippen molar-refractivity contribution in [3.8, 4) is 0 Å². The fourth-order valence-corrected chi connectivity index (χ4v) is 2.65. The molecule has 21 heavy (non-hydrogen) atoms. The van der Waals surface area contributed by atoms with Gasteiger partial charge in [0.05, 0.1) is 0 Å². The second kappa shape index (κ2) is 6.43. The molecule has 5 heteroatoms. The predicted molar refractivity (Wildman–Crippen MR) is 80.8 cm³/mol. The molecule has 1 aliphatic heterocycles. The van der Waals surface area contributed by atoms with Gasteiger partial charge in [0.2, 0.25) is 0 Å². The van der Waals surface area contributed by atoms with E-state index in [0.717, 1.165) is 25.9 Å². The Kier molecular flexibility index (Phi) is 4.19. The Morgan fingerprint density at radius 3 is 2.90 bits per heavy atom. The summed E-state index contributed by atoms with van der Waals surface area (Å²) in [6, 6.07) is 10.3. The van der Waals surface area contributed by atoms with Crippen molar-refractivity contribution in [1.29, 1.82) is 0 Å². The minimum atomic E-state index is 0.0324. The van der Waals surface area contributed by atoms with Crippen LogP contribution in [0.25, 0.3) is 0 Å². The molecule has 3 rings (SSSR count). The van der Waals surface area contributed by atoms with Crippen LogP contribution < -0.4 is 5.32 Å². The standard InChI is InChI=1S/C16H20N4O/c21-16(17-8-3-10-20-11-4-9-18-20)19-12-7-14-5-1-2-6-15(14)13-19/h1-2,4-6,9,11H,3,7-8,10,12-13H2,(H,17,21). The van der Waals surface area contributed by atoms with Crippen molar-refractivity contribution >= 4 is 6.03 Å². The van der Waals surface area contributed by atoms with Gasteiger partial charge in [0.15, 0.2) is 0 Å². The molecular weight excluding hydrogens is 264 g/mol. The van der Waals surface area contributed by atoms with Gasteiger partial charge in [0.25, 0.3) is 0 Å². The number of aromatic nitrogens is 2. The molecule has 2 heterocycles. The summed E-state index contributed by atoms with van der Waals surface area (Å²) in [6.45, 7) is 3.01. The van der Waals surface area contributed by atoms with Gasteiger partial charge in [-0.25, -0.2) is 4.79 Å². The first kappa shape index (κ1) is 13.7. The molecule has 2 amide bonds. The number of hydrogen-bond acceptors (Lipinski definition) is 2. The lowest BCUT2D eigenvalue weighted by Gasteiger charge is -2.29. The van der Waals surface area contributed by atoms with Crippen LogP contribution >= 0.6 is 0 Å². The number of rotatable bonds is 4. The van der Waals surface area contributed by atoms with Crippen LogP contribution in [0.15, 0.2) is 42.7 Å². The van der Waals surface area contributed by atoms with Gasteiger partial charge in [-0.2, -0.15) is 5.10 Å². The van der Waals surface area contributed by atoms with Crippen LogP contribution in [-0.4, -0.2) is 33.8 Å². The van der Waals surface area contributed by atoms with Gasteiger partial charge in [-0.3, -0.25) is 4.68 Å². The van der Waals surface area contributed by atoms with Crippen LogP contribution in [0, 0.1) is 0 Å². The van der Waals surface area contributed by atoms with E-state index in [9.17, 15) is 4.79 Å². The molecule has 0 aliphatic carbocycles. The second-order valence-electron chi connectivity index (χ2n) is 5.29. The zero-order valence-corrected chi connectivity index (χ0v) is 12.0. The first-order valence-electron chi connectivity index (χ1n) is 7.40. The monoisotopic (exact) mass is 284 g/mol. The lowest BCUT2D eigenvalue weighted by atomic mass is 10.0. The normalized spacial score (nSPS) is 13.8. The summed E-state index contributed by atoms with van der Waals surface area (Å²) in [5.74, 6) is 0. The number of nitrogens with one attached hydrogen (secondary N) is 1. The van der Waals surface area contributed by atoms with Gasteiger partial charge in [-0.05, 0) is 30.0 Å². The molecule has 0 fully saturated rings. The summed E-state index contributed by atoms with van der Waals surface area (Å²) in [4.78, 5) is 14.0. The average molecular weight is 284 g/mol. The Hall–Kier alpha value is -2.30. The quantitative estimate of drug-likeness (QED) is 0.874. The Morgan fingerprint density at radius 2 is 2.10 bits per heavy atom. The summed E-state index contributed by atoms with van der Waals surface area (Å²) < 4.78 is 1.88. The number of carbonyl (C=O) groups excluding carboxylic acids is 1. The van der Waals surface area contributed by atoms with E-state index in [-0.39, 0.29) is 6.03 Å². The van der Waals surface area contributed by atoms with Crippen LogP contribution in [-0.2, 0) is 19.5 Å². The van der Waals surface area contributed by atoms with Gasteiger partial charge < -0.3 is 10.2 Å². The summed E-state index contributed by atoms with van der Waals surface area (Å²) in [5, 5.41) is 7.13. The molecule has 1 aliphatic rings. The SMILES string of the molecule is O=C(NCCCn1cccn1)N1CCc2ccccc2C1. The van der Waals surface area contributed by atoms with Gasteiger partial charge in [0.1, 0.15) is 0 Å². The number of aryl methyl sites for hydroxylation is 1. The molecule has 5 nitrogen and oxygen atoms in total. The highest BCUT2D eigenvalue weighted by Crippen LogP contribution is 2.18. The number of hydrogen-bond donors (Lipinski definition) is 1. The highest BCUT2D eigenvalue weighted by atomic mass is 16.2.